The molecule has 1 aromatic heterocycles. The van der Waals surface area contributed by atoms with Crippen molar-refractivity contribution in [1.82, 2.24) is 14.9 Å². The SMILES string of the molecule is CCc1nc(N)n(CC(=O)NCc2ccccc2Cl)c(=O)c1C. The number of halogens is 1. The number of nitrogen functional groups attached to an aromatic ring is 1. The predicted octanol–water partition coefficient (Wildman–Crippen LogP) is 1.67. The number of aromatic nitrogens is 2. The number of rotatable bonds is 5. The maximum Gasteiger partial charge on any atom is 0.258 e. The van der Waals surface area contributed by atoms with Gasteiger partial charge in [-0.2, -0.15) is 0 Å². The van der Waals surface area contributed by atoms with Crippen LogP contribution in [-0.2, 0) is 24.3 Å². The van der Waals surface area contributed by atoms with E-state index in [1.54, 1.807) is 13.0 Å². The van der Waals surface area contributed by atoms with Crippen molar-refractivity contribution in [1.29, 1.82) is 0 Å². The van der Waals surface area contributed by atoms with Gasteiger partial charge in [-0.15, -0.1) is 0 Å². The number of carbonyl (C=O) groups excluding carboxylic acids is 1. The first-order valence-electron chi connectivity index (χ1n) is 7.30. The minimum Gasteiger partial charge on any atom is -0.369 e. The molecule has 0 fully saturated rings. The number of aryl methyl sites for hydroxylation is 1. The molecule has 122 valence electrons. The van der Waals surface area contributed by atoms with E-state index in [0.717, 1.165) is 5.56 Å². The van der Waals surface area contributed by atoms with E-state index in [2.05, 4.69) is 10.3 Å². The van der Waals surface area contributed by atoms with Gasteiger partial charge in [0.1, 0.15) is 6.54 Å². The molecule has 3 N–H and O–H groups in total. The Morgan fingerprint density at radius 3 is 2.74 bits per heavy atom. The van der Waals surface area contributed by atoms with E-state index >= 15 is 0 Å². The Labute approximate surface area is 139 Å². The average Bonchev–Trinajstić information content (AvgIpc) is 2.54. The second-order valence-electron chi connectivity index (χ2n) is 5.15. The number of benzene rings is 1. The van der Waals surface area contributed by atoms with Crippen molar-refractivity contribution in [3.63, 3.8) is 0 Å². The van der Waals surface area contributed by atoms with Gasteiger partial charge in [-0.05, 0) is 25.0 Å². The molecule has 1 amide bonds. The van der Waals surface area contributed by atoms with Crippen molar-refractivity contribution in [3.05, 3.63) is 56.5 Å². The lowest BCUT2D eigenvalue weighted by molar-refractivity contribution is -0.121. The van der Waals surface area contributed by atoms with Crippen molar-refractivity contribution >= 4 is 23.5 Å². The van der Waals surface area contributed by atoms with Crippen molar-refractivity contribution in [3.8, 4) is 0 Å². The Kier molecular flexibility index (Phi) is 5.39. The number of nitrogens with zero attached hydrogens (tertiary/aromatic N) is 2. The number of anilines is 1. The highest BCUT2D eigenvalue weighted by molar-refractivity contribution is 6.31. The summed E-state index contributed by atoms with van der Waals surface area (Å²) in [4.78, 5) is 28.5. The molecule has 2 aromatic rings. The smallest absolute Gasteiger partial charge is 0.258 e. The van der Waals surface area contributed by atoms with Gasteiger partial charge < -0.3 is 11.1 Å². The van der Waals surface area contributed by atoms with Crippen LogP contribution in [0.25, 0.3) is 0 Å². The van der Waals surface area contributed by atoms with Crippen molar-refractivity contribution in [2.45, 2.75) is 33.4 Å². The van der Waals surface area contributed by atoms with Crippen LogP contribution in [0.15, 0.2) is 29.1 Å². The lowest BCUT2D eigenvalue weighted by atomic mass is 10.2. The van der Waals surface area contributed by atoms with Gasteiger partial charge in [-0.1, -0.05) is 36.7 Å². The maximum absolute atomic E-state index is 12.3. The fraction of sp³-hybridized carbons (Fsp3) is 0.312. The summed E-state index contributed by atoms with van der Waals surface area (Å²) >= 11 is 6.04. The molecule has 0 bridgehead atoms. The summed E-state index contributed by atoms with van der Waals surface area (Å²) < 4.78 is 1.18. The largest absolute Gasteiger partial charge is 0.369 e. The van der Waals surface area contributed by atoms with Crippen molar-refractivity contribution in [2.24, 2.45) is 0 Å². The topological polar surface area (TPSA) is 90.0 Å². The molecule has 0 aliphatic carbocycles. The summed E-state index contributed by atoms with van der Waals surface area (Å²) in [6.07, 6.45) is 0.616. The van der Waals surface area contributed by atoms with E-state index in [4.69, 9.17) is 17.3 Å². The lowest BCUT2D eigenvalue weighted by Gasteiger charge is -2.12. The second-order valence-corrected chi connectivity index (χ2v) is 5.56. The zero-order valence-corrected chi connectivity index (χ0v) is 13.9. The number of carbonyl (C=O) groups is 1. The zero-order chi connectivity index (χ0) is 17.0. The molecule has 23 heavy (non-hydrogen) atoms. The first-order chi connectivity index (χ1) is 10.9. The molecular formula is C16H19ClN4O2. The van der Waals surface area contributed by atoms with Crippen LogP contribution in [0.1, 0.15) is 23.7 Å². The van der Waals surface area contributed by atoms with Crippen molar-refractivity contribution < 1.29 is 4.79 Å². The molecule has 0 saturated carbocycles. The molecule has 6 nitrogen and oxygen atoms in total. The Morgan fingerprint density at radius 1 is 1.39 bits per heavy atom. The molecular weight excluding hydrogens is 316 g/mol. The highest BCUT2D eigenvalue weighted by atomic mass is 35.5. The second kappa shape index (κ2) is 7.28. The third-order valence-corrected chi connectivity index (χ3v) is 3.96. The molecule has 0 aliphatic rings. The molecule has 0 aliphatic heterocycles. The van der Waals surface area contributed by atoms with Gasteiger partial charge in [0.05, 0.1) is 5.69 Å². The Balaban J connectivity index is 2.11. The number of nitrogens with two attached hydrogens (primary N) is 1. The Hall–Kier alpha value is -2.34. The molecule has 1 heterocycles. The Bertz CT molecular complexity index is 786. The standard InChI is InChI=1S/C16H19ClN4O2/c1-3-13-10(2)15(23)21(16(18)20-13)9-14(22)19-8-11-6-4-5-7-12(11)17/h4-7H,3,8-9H2,1-2H3,(H2,18,20)(H,19,22). The van der Waals surface area contributed by atoms with E-state index in [1.807, 2.05) is 25.1 Å². The fourth-order valence-corrected chi connectivity index (χ4v) is 2.45. The van der Waals surface area contributed by atoms with Gasteiger partial charge in [0.15, 0.2) is 0 Å². The minimum atomic E-state index is -0.329. The molecule has 0 saturated heterocycles. The van der Waals surface area contributed by atoms with Gasteiger partial charge in [0, 0.05) is 17.1 Å². The highest BCUT2D eigenvalue weighted by Gasteiger charge is 2.13. The molecule has 0 unspecified atom stereocenters. The van der Waals surface area contributed by atoms with Crippen LogP contribution < -0.4 is 16.6 Å². The quantitative estimate of drug-likeness (QED) is 0.870. The summed E-state index contributed by atoms with van der Waals surface area (Å²) in [6.45, 7) is 3.69. The third kappa shape index (κ3) is 3.90. The molecule has 1 aromatic carbocycles. The van der Waals surface area contributed by atoms with Crippen molar-refractivity contribution in [2.75, 3.05) is 5.73 Å². The maximum atomic E-state index is 12.3. The summed E-state index contributed by atoms with van der Waals surface area (Å²) in [6, 6.07) is 7.23. The first-order valence-corrected chi connectivity index (χ1v) is 7.67. The molecule has 0 spiro atoms. The van der Waals surface area contributed by atoms with Crippen LogP contribution >= 0.6 is 11.6 Å². The average molecular weight is 335 g/mol. The van der Waals surface area contributed by atoms with E-state index in [0.29, 0.717) is 22.7 Å². The van der Waals surface area contributed by atoms with Gasteiger partial charge in [-0.3, -0.25) is 14.2 Å². The molecule has 0 atom stereocenters. The number of nitrogens with one attached hydrogen (secondary N) is 1. The van der Waals surface area contributed by atoms with E-state index in [1.165, 1.54) is 4.57 Å². The van der Waals surface area contributed by atoms with Gasteiger partial charge in [0.25, 0.3) is 5.56 Å². The van der Waals surface area contributed by atoms with Crippen LogP contribution in [0.2, 0.25) is 5.02 Å². The summed E-state index contributed by atoms with van der Waals surface area (Å²) in [5.41, 5.74) is 7.48. The molecule has 7 heteroatoms. The first kappa shape index (κ1) is 17.0. The normalized spacial score (nSPS) is 10.6. The highest BCUT2D eigenvalue weighted by Crippen LogP contribution is 2.14. The van der Waals surface area contributed by atoms with Gasteiger partial charge >= 0.3 is 0 Å². The van der Waals surface area contributed by atoms with E-state index in [-0.39, 0.29) is 30.5 Å². The number of hydrogen-bond donors (Lipinski definition) is 2. The van der Waals surface area contributed by atoms with Gasteiger partial charge in [-0.25, -0.2) is 4.98 Å². The molecule has 2 rings (SSSR count). The summed E-state index contributed by atoms with van der Waals surface area (Å²) in [5, 5.41) is 3.30. The van der Waals surface area contributed by atoms with Crippen LogP contribution in [-0.4, -0.2) is 15.5 Å². The van der Waals surface area contributed by atoms with Crippen LogP contribution in [0.3, 0.4) is 0 Å². The van der Waals surface area contributed by atoms with Crippen LogP contribution in [0.4, 0.5) is 5.95 Å². The fourth-order valence-electron chi connectivity index (χ4n) is 2.24. The summed E-state index contributed by atoms with van der Waals surface area (Å²) in [7, 11) is 0. The predicted molar refractivity (Wildman–Crippen MR) is 90.3 cm³/mol. The zero-order valence-electron chi connectivity index (χ0n) is 13.1. The van der Waals surface area contributed by atoms with Gasteiger partial charge in [0.2, 0.25) is 11.9 Å². The molecule has 0 radical (unpaired) electrons. The van der Waals surface area contributed by atoms with E-state index < -0.39 is 0 Å². The lowest BCUT2D eigenvalue weighted by Crippen LogP contribution is -2.35. The van der Waals surface area contributed by atoms with E-state index in [9.17, 15) is 9.59 Å². The van der Waals surface area contributed by atoms with Crippen LogP contribution in [0.5, 0.6) is 0 Å². The number of amides is 1. The minimum absolute atomic E-state index is 0.0466. The Morgan fingerprint density at radius 2 is 2.09 bits per heavy atom. The summed E-state index contributed by atoms with van der Waals surface area (Å²) in [5.74, 6) is -0.283. The van der Waals surface area contributed by atoms with Crippen LogP contribution in [0, 0.1) is 6.92 Å². The number of hydrogen-bond acceptors (Lipinski definition) is 4. The monoisotopic (exact) mass is 334 g/mol. The third-order valence-electron chi connectivity index (χ3n) is 3.60.